The summed E-state index contributed by atoms with van der Waals surface area (Å²) < 4.78 is 16.6. The van der Waals surface area contributed by atoms with Crippen molar-refractivity contribution in [3.63, 3.8) is 0 Å². The lowest BCUT2D eigenvalue weighted by Gasteiger charge is -2.13. The van der Waals surface area contributed by atoms with E-state index in [1.54, 1.807) is 14.2 Å². The van der Waals surface area contributed by atoms with Gasteiger partial charge in [0.25, 0.3) is 0 Å². The van der Waals surface area contributed by atoms with Gasteiger partial charge in [-0.05, 0) is 54.4 Å². The molecule has 0 radical (unpaired) electrons. The minimum atomic E-state index is 0.514. The third kappa shape index (κ3) is 5.17. The summed E-state index contributed by atoms with van der Waals surface area (Å²) in [6.07, 6.45) is 0. The van der Waals surface area contributed by atoms with Gasteiger partial charge in [-0.25, -0.2) is 0 Å². The maximum Gasteiger partial charge on any atom is 0.161 e. The van der Waals surface area contributed by atoms with Crippen LogP contribution in [0.1, 0.15) is 16.7 Å². The van der Waals surface area contributed by atoms with E-state index < -0.39 is 0 Å². The summed E-state index contributed by atoms with van der Waals surface area (Å²) in [4.78, 5) is 0. The molecule has 0 aliphatic carbocycles. The number of anilines is 1. The van der Waals surface area contributed by atoms with Crippen LogP contribution in [0.3, 0.4) is 0 Å². The van der Waals surface area contributed by atoms with E-state index in [0.717, 1.165) is 34.1 Å². The number of hydrogen-bond donors (Lipinski definition) is 1. The molecule has 0 aromatic heterocycles. The van der Waals surface area contributed by atoms with E-state index in [9.17, 15) is 0 Å². The van der Waals surface area contributed by atoms with Crippen molar-refractivity contribution in [3.05, 3.63) is 83.4 Å². The number of aryl methyl sites for hydroxylation is 1. The Bertz CT molecular complexity index is 858. The van der Waals surface area contributed by atoms with Crippen LogP contribution in [0.4, 0.5) is 5.69 Å². The van der Waals surface area contributed by atoms with Crippen molar-refractivity contribution in [2.45, 2.75) is 20.1 Å². The largest absolute Gasteiger partial charge is 0.497 e. The summed E-state index contributed by atoms with van der Waals surface area (Å²) >= 11 is 0. The summed E-state index contributed by atoms with van der Waals surface area (Å²) in [5.74, 6) is 2.32. The minimum Gasteiger partial charge on any atom is -0.497 e. The topological polar surface area (TPSA) is 39.7 Å². The summed E-state index contributed by atoms with van der Waals surface area (Å²) in [7, 11) is 3.33. The molecule has 1 N–H and O–H groups in total. The molecule has 0 aliphatic rings. The molecule has 0 amide bonds. The molecule has 0 unspecified atom stereocenters. The number of benzene rings is 3. The van der Waals surface area contributed by atoms with Gasteiger partial charge in [-0.3, -0.25) is 0 Å². The second-order valence-corrected chi connectivity index (χ2v) is 6.34. The van der Waals surface area contributed by atoms with Gasteiger partial charge in [-0.1, -0.05) is 35.9 Å². The molecule has 27 heavy (non-hydrogen) atoms. The van der Waals surface area contributed by atoms with E-state index in [0.29, 0.717) is 13.2 Å². The zero-order valence-electron chi connectivity index (χ0n) is 16.0. The first-order valence-electron chi connectivity index (χ1n) is 8.91. The van der Waals surface area contributed by atoms with Crippen molar-refractivity contribution in [3.8, 4) is 17.2 Å². The average molecular weight is 363 g/mol. The van der Waals surface area contributed by atoms with Gasteiger partial charge in [0, 0.05) is 12.2 Å². The molecule has 0 saturated heterocycles. The molecular formula is C23H25NO3. The highest BCUT2D eigenvalue weighted by molar-refractivity contribution is 5.48. The van der Waals surface area contributed by atoms with Crippen molar-refractivity contribution in [2.75, 3.05) is 19.5 Å². The van der Waals surface area contributed by atoms with E-state index in [4.69, 9.17) is 14.2 Å². The highest BCUT2D eigenvalue weighted by atomic mass is 16.5. The van der Waals surface area contributed by atoms with Crippen molar-refractivity contribution in [1.29, 1.82) is 0 Å². The molecule has 0 bridgehead atoms. The third-order valence-electron chi connectivity index (χ3n) is 4.33. The molecule has 0 fully saturated rings. The Morgan fingerprint density at radius 2 is 1.44 bits per heavy atom. The fourth-order valence-corrected chi connectivity index (χ4v) is 2.70. The zero-order valence-corrected chi connectivity index (χ0v) is 16.0. The third-order valence-corrected chi connectivity index (χ3v) is 4.33. The molecule has 3 aromatic carbocycles. The van der Waals surface area contributed by atoms with Crippen LogP contribution < -0.4 is 19.5 Å². The van der Waals surface area contributed by atoms with Gasteiger partial charge in [-0.15, -0.1) is 0 Å². The predicted molar refractivity (Wildman–Crippen MR) is 109 cm³/mol. The Morgan fingerprint density at radius 3 is 2.11 bits per heavy atom. The van der Waals surface area contributed by atoms with E-state index in [-0.39, 0.29) is 0 Å². The van der Waals surface area contributed by atoms with Gasteiger partial charge >= 0.3 is 0 Å². The van der Waals surface area contributed by atoms with Gasteiger partial charge in [0.15, 0.2) is 11.5 Å². The number of rotatable bonds is 8. The van der Waals surface area contributed by atoms with Crippen LogP contribution in [-0.4, -0.2) is 14.2 Å². The molecule has 3 rings (SSSR count). The highest BCUT2D eigenvalue weighted by Crippen LogP contribution is 2.29. The Kier molecular flexibility index (Phi) is 6.21. The Morgan fingerprint density at radius 1 is 0.741 bits per heavy atom. The molecule has 4 nitrogen and oxygen atoms in total. The number of ether oxygens (including phenoxy) is 3. The summed E-state index contributed by atoms with van der Waals surface area (Å²) in [5, 5.41) is 3.39. The standard InChI is InChI=1S/C23H25NO3/c1-17-4-6-18(7-5-17)16-27-22-13-8-19(14-23(22)26-3)15-24-20-9-11-21(25-2)12-10-20/h4-14,24H,15-16H2,1-3H3. The Hall–Kier alpha value is -3.14. The SMILES string of the molecule is COc1ccc(NCc2ccc(OCc3ccc(C)cc3)c(OC)c2)cc1. The number of methoxy groups -OCH3 is 2. The van der Waals surface area contributed by atoms with Crippen molar-refractivity contribution in [2.24, 2.45) is 0 Å². The number of nitrogens with one attached hydrogen (secondary N) is 1. The fourth-order valence-electron chi connectivity index (χ4n) is 2.70. The molecule has 0 spiro atoms. The molecule has 3 aromatic rings. The predicted octanol–water partition coefficient (Wildman–Crippen LogP) is 5.20. The van der Waals surface area contributed by atoms with Crippen molar-refractivity contribution >= 4 is 5.69 Å². The van der Waals surface area contributed by atoms with Gasteiger partial charge < -0.3 is 19.5 Å². The van der Waals surface area contributed by atoms with E-state index in [2.05, 4.69) is 36.5 Å². The molecule has 0 atom stereocenters. The average Bonchev–Trinajstić information content (AvgIpc) is 2.72. The second kappa shape index (κ2) is 8.99. The monoisotopic (exact) mass is 363 g/mol. The quantitative estimate of drug-likeness (QED) is 0.597. The lowest BCUT2D eigenvalue weighted by Crippen LogP contribution is -2.02. The van der Waals surface area contributed by atoms with Gasteiger partial charge in [0.05, 0.1) is 14.2 Å². The molecule has 140 valence electrons. The maximum absolute atomic E-state index is 5.94. The highest BCUT2D eigenvalue weighted by Gasteiger charge is 2.07. The van der Waals surface area contributed by atoms with Crippen LogP contribution in [0.25, 0.3) is 0 Å². The van der Waals surface area contributed by atoms with Gasteiger partial charge in [-0.2, -0.15) is 0 Å². The molecule has 0 aliphatic heterocycles. The van der Waals surface area contributed by atoms with Crippen LogP contribution in [0, 0.1) is 6.92 Å². The minimum absolute atomic E-state index is 0.514. The first-order chi connectivity index (χ1) is 13.2. The zero-order chi connectivity index (χ0) is 19.1. The summed E-state index contributed by atoms with van der Waals surface area (Å²) in [6.45, 7) is 3.29. The fraction of sp³-hybridized carbons (Fsp3) is 0.217. The van der Waals surface area contributed by atoms with Gasteiger partial charge in [0.2, 0.25) is 0 Å². The van der Waals surface area contributed by atoms with Crippen molar-refractivity contribution in [1.82, 2.24) is 0 Å². The van der Waals surface area contributed by atoms with Crippen LogP contribution >= 0.6 is 0 Å². The summed E-state index contributed by atoms with van der Waals surface area (Å²) in [5.41, 5.74) is 4.53. The number of hydrogen-bond acceptors (Lipinski definition) is 4. The van der Waals surface area contributed by atoms with E-state index >= 15 is 0 Å². The Labute approximate surface area is 160 Å². The first kappa shape index (κ1) is 18.6. The molecular weight excluding hydrogens is 338 g/mol. The van der Waals surface area contributed by atoms with Crippen LogP contribution in [-0.2, 0) is 13.2 Å². The smallest absolute Gasteiger partial charge is 0.161 e. The molecule has 4 heteroatoms. The molecule has 0 saturated carbocycles. The second-order valence-electron chi connectivity index (χ2n) is 6.34. The lowest BCUT2D eigenvalue weighted by molar-refractivity contribution is 0.284. The lowest BCUT2D eigenvalue weighted by atomic mass is 10.1. The van der Waals surface area contributed by atoms with Crippen LogP contribution in [0.15, 0.2) is 66.7 Å². The van der Waals surface area contributed by atoms with Crippen LogP contribution in [0.5, 0.6) is 17.2 Å². The molecule has 0 heterocycles. The van der Waals surface area contributed by atoms with Crippen molar-refractivity contribution < 1.29 is 14.2 Å². The first-order valence-corrected chi connectivity index (χ1v) is 8.91. The van der Waals surface area contributed by atoms with Gasteiger partial charge in [0.1, 0.15) is 12.4 Å². The van der Waals surface area contributed by atoms with E-state index in [1.807, 2.05) is 42.5 Å². The Balaban J connectivity index is 1.61. The normalized spacial score (nSPS) is 10.3. The van der Waals surface area contributed by atoms with E-state index in [1.165, 1.54) is 5.56 Å². The van der Waals surface area contributed by atoms with Crippen LogP contribution in [0.2, 0.25) is 0 Å². The maximum atomic E-state index is 5.94. The summed E-state index contributed by atoms with van der Waals surface area (Å²) in [6, 6.07) is 22.2.